The SMILES string of the molecule is CC(C)C(O)CC(=O)NCc1cccc(C#N)c1. The van der Waals surface area contributed by atoms with Crippen LogP contribution < -0.4 is 5.32 Å². The van der Waals surface area contributed by atoms with Crippen LogP contribution >= 0.6 is 0 Å². The fraction of sp³-hybridized carbons (Fsp3) is 0.429. The van der Waals surface area contributed by atoms with Gasteiger partial charge in [0.05, 0.1) is 24.2 Å². The zero-order valence-electron chi connectivity index (χ0n) is 10.7. The monoisotopic (exact) mass is 246 g/mol. The molecule has 1 atom stereocenters. The molecule has 0 saturated carbocycles. The number of amides is 1. The summed E-state index contributed by atoms with van der Waals surface area (Å²) in [5.41, 5.74) is 1.45. The molecule has 4 heteroatoms. The van der Waals surface area contributed by atoms with E-state index >= 15 is 0 Å². The molecule has 1 unspecified atom stereocenters. The highest BCUT2D eigenvalue weighted by Gasteiger charge is 2.13. The number of hydrogen-bond acceptors (Lipinski definition) is 3. The summed E-state index contributed by atoms with van der Waals surface area (Å²) in [5.74, 6) is -0.115. The van der Waals surface area contributed by atoms with E-state index in [1.54, 1.807) is 18.2 Å². The summed E-state index contributed by atoms with van der Waals surface area (Å²) in [6, 6.07) is 9.13. The Kier molecular flexibility index (Phi) is 5.34. The van der Waals surface area contributed by atoms with Gasteiger partial charge in [0.25, 0.3) is 0 Å². The Morgan fingerprint density at radius 2 is 2.22 bits per heavy atom. The molecule has 0 heterocycles. The second-order valence-corrected chi connectivity index (χ2v) is 4.60. The number of rotatable bonds is 5. The minimum atomic E-state index is -0.615. The molecule has 0 fully saturated rings. The van der Waals surface area contributed by atoms with Gasteiger partial charge in [-0.15, -0.1) is 0 Å². The summed E-state index contributed by atoms with van der Waals surface area (Å²) in [5, 5.41) is 21.0. The summed E-state index contributed by atoms with van der Waals surface area (Å²) in [7, 11) is 0. The second-order valence-electron chi connectivity index (χ2n) is 4.60. The second kappa shape index (κ2) is 6.77. The van der Waals surface area contributed by atoms with Crippen molar-refractivity contribution in [3.05, 3.63) is 35.4 Å². The fourth-order valence-corrected chi connectivity index (χ4v) is 1.45. The maximum atomic E-state index is 11.5. The van der Waals surface area contributed by atoms with E-state index in [-0.39, 0.29) is 18.2 Å². The van der Waals surface area contributed by atoms with Crippen LogP contribution in [0.1, 0.15) is 31.4 Å². The number of nitrogens with one attached hydrogen (secondary N) is 1. The Morgan fingerprint density at radius 3 is 2.83 bits per heavy atom. The molecule has 1 aromatic carbocycles. The van der Waals surface area contributed by atoms with Gasteiger partial charge >= 0.3 is 0 Å². The standard InChI is InChI=1S/C14H18N2O2/c1-10(2)13(17)7-14(18)16-9-12-5-3-4-11(6-12)8-15/h3-6,10,13,17H,7,9H2,1-2H3,(H,16,18). The Morgan fingerprint density at radius 1 is 1.50 bits per heavy atom. The number of hydrogen-bond donors (Lipinski definition) is 2. The van der Waals surface area contributed by atoms with E-state index in [0.717, 1.165) is 5.56 Å². The van der Waals surface area contributed by atoms with Crippen molar-refractivity contribution >= 4 is 5.91 Å². The first-order chi connectivity index (χ1) is 8.52. The normalized spacial score (nSPS) is 11.9. The van der Waals surface area contributed by atoms with Crippen LogP contribution in [0.3, 0.4) is 0 Å². The van der Waals surface area contributed by atoms with Crippen LogP contribution in [0.4, 0.5) is 0 Å². The zero-order chi connectivity index (χ0) is 13.5. The average Bonchev–Trinajstić information content (AvgIpc) is 2.36. The van der Waals surface area contributed by atoms with Crippen LogP contribution in [-0.2, 0) is 11.3 Å². The molecule has 18 heavy (non-hydrogen) atoms. The van der Waals surface area contributed by atoms with E-state index < -0.39 is 6.10 Å². The van der Waals surface area contributed by atoms with Gasteiger partial charge in [-0.3, -0.25) is 4.79 Å². The van der Waals surface area contributed by atoms with Crippen molar-refractivity contribution in [2.24, 2.45) is 5.92 Å². The van der Waals surface area contributed by atoms with E-state index in [1.165, 1.54) is 0 Å². The average molecular weight is 246 g/mol. The van der Waals surface area contributed by atoms with E-state index in [4.69, 9.17) is 5.26 Å². The Bertz CT molecular complexity index is 449. The fourth-order valence-electron chi connectivity index (χ4n) is 1.45. The van der Waals surface area contributed by atoms with Gasteiger partial charge in [-0.2, -0.15) is 5.26 Å². The summed E-state index contributed by atoms with van der Waals surface area (Å²) in [6.45, 7) is 4.11. The van der Waals surface area contributed by atoms with Gasteiger partial charge in [0.1, 0.15) is 0 Å². The number of carbonyl (C=O) groups excluding carboxylic acids is 1. The Hall–Kier alpha value is -1.86. The molecule has 0 radical (unpaired) electrons. The molecule has 0 spiro atoms. The van der Waals surface area contributed by atoms with Crippen LogP contribution in [0.2, 0.25) is 0 Å². The number of aliphatic hydroxyl groups is 1. The Labute approximate surface area is 107 Å². The van der Waals surface area contributed by atoms with Gasteiger partial charge in [0, 0.05) is 6.54 Å². The lowest BCUT2D eigenvalue weighted by molar-refractivity contribution is -0.123. The number of nitriles is 1. The summed E-state index contributed by atoms with van der Waals surface area (Å²) < 4.78 is 0. The summed E-state index contributed by atoms with van der Waals surface area (Å²) in [6.07, 6.45) is -0.509. The van der Waals surface area contributed by atoms with Crippen molar-refractivity contribution in [3.8, 4) is 6.07 Å². The first-order valence-corrected chi connectivity index (χ1v) is 5.96. The van der Waals surface area contributed by atoms with E-state index in [2.05, 4.69) is 5.32 Å². The van der Waals surface area contributed by atoms with Crippen molar-refractivity contribution in [1.82, 2.24) is 5.32 Å². The summed E-state index contributed by atoms with van der Waals surface area (Å²) in [4.78, 5) is 11.5. The topological polar surface area (TPSA) is 73.1 Å². The predicted octanol–water partition coefficient (Wildman–Crippen LogP) is 1.58. The quantitative estimate of drug-likeness (QED) is 0.828. The molecule has 1 amide bonds. The molecule has 1 rings (SSSR count). The third-order valence-corrected chi connectivity index (χ3v) is 2.71. The largest absolute Gasteiger partial charge is 0.392 e. The first kappa shape index (κ1) is 14.2. The van der Waals surface area contributed by atoms with Gasteiger partial charge in [0.2, 0.25) is 5.91 Å². The molecular weight excluding hydrogens is 228 g/mol. The molecule has 2 N–H and O–H groups in total. The molecule has 0 saturated heterocycles. The lowest BCUT2D eigenvalue weighted by atomic mass is 10.0. The van der Waals surface area contributed by atoms with E-state index in [1.807, 2.05) is 26.0 Å². The molecule has 0 aromatic heterocycles. The third-order valence-electron chi connectivity index (χ3n) is 2.71. The number of aliphatic hydroxyl groups excluding tert-OH is 1. The molecule has 0 aliphatic carbocycles. The predicted molar refractivity (Wildman–Crippen MR) is 68.5 cm³/mol. The van der Waals surface area contributed by atoms with Gasteiger partial charge in [-0.05, 0) is 23.6 Å². The van der Waals surface area contributed by atoms with Crippen molar-refractivity contribution < 1.29 is 9.90 Å². The first-order valence-electron chi connectivity index (χ1n) is 5.96. The lowest BCUT2D eigenvalue weighted by Gasteiger charge is -2.14. The minimum Gasteiger partial charge on any atom is -0.392 e. The van der Waals surface area contributed by atoms with Crippen LogP contribution in [0.5, 0.6) is 0 Å². The lowest BCUT2D eigenvalue weighted by Crippen LogP contribution is -2.29. The highest BCUT2D eigenvalue weighted by Crippen LogP contribution is 2.06. The van der Waals surface area contributed by atoms with Crippen LogP contribution in [0.15, 0.2) is 24.3 Å². The van der Waals surface area contributed by atoms with Crippen molar-refractivity contribution in [2.75, 3.05) is 0 Å². The summed E-state index contributed by atoms with van der Waals surface area (Å²) >= 11 is 0. The Balaban J connectivity index is 2.45. The van der Waals surface area contributed by atoms with Crippen molar-refractivity contribution in [3.63, 3.8) is 0 Å². The highest BCUT2D eigenvalue weighted by molar-refractivity contribution is 5.76. The molecule has 0 bridgehead atoms. The number of carbonyl (C=O) groups is 1. The van der Waals surface area contributed by atoms with Crippen molar-refractivity contribution in [2.45, 2.75) is 32.9 Å². The minimum absolute atomic E-state index is 0.0673. The molecule has 1 aromatic rings. The zero-order valence-corrected chi connectivity index (χ0v) is 10.7. The smallest absolute Gasteiger partial charge is 0.222 e. The maximum absolute atomic E-state index is 11.5. The molecule has 0 aliphatic rings. The van der Waals surface area contributed by atoms with E-state index in [9.17, 15) is 9.90 Å². The number of benzene rings is 1. The van der Waals surface area contributed by atoms with Crippen LogP contribution in [-0.4, -0.2) is 17.1 Å². The van der Waals surface area contributed by atoms with E-state index in [0.29, 0.717) is 12.1 Å². The molecular formula is C14H18N2O2. The molecule has 4 nitrogen and oxygen atoms in total. The van der Waals surface area contributed by atoms with Crippen LogP contribution in [0.25, 0.3) is 0 Å². The maximum Gasteiger partial charge on any atom is 0.222 e. The van der Waals surface area contributed by atoms with Gasteiger partial charge in [-0.25, -0.2) is 0 Å². The van der Waals surface area contributed by atoms with Crippen LogP contribution in [0, 0.1) is 17.2 Å². The van der Waals surface area contributed by atoms with Crippen molar-refractivity contribution in [1.29, 1.82) is 5.26 Å². The highest BCUT2D eigenvalue weighted by atomic mass is 16.3. The van der Waals surface area contributed by atoms with Gasteiger partial charge in [0.15, 0.2) is 0 Å². The number of nitrogens with zero attached hydrogens (tertiary/aromatic N) is 1. The molecule has 0 aliphatic heterocycles. The molecule has 96 valence electrons. The van der Waals surface area contributed by atoms with Gasteiger partial charge in [-0.1, -0.05) is 26.0 Å². The van der Waals surface area contributed by atoms with Gasteiger partial charge < -0.3 is 10.4 Å². The third kappa shape index (κ3) is 4.56.